The Morgan fingerprint density at radius 1 is 1.11 bits per heavy atom. The Labute approximate surface area is 111 Å². The zero-order valence-electron chi connectivity index (χ0n) is 11.7. The van der Waals surface area contributed by atoms with Crippen molar-refractivity contribution in [3.63, 3.8) is 0 Å². The summed E-state index contributed by atoms with van der Waals surface area (Å²) in [6, 6.07) is -0.0246. The maximum absolute atomic E-state index is 11.2. The second kappa shape index (κ2) is 10.2. The zero-order valence-corrected chi connectivity index (χ0v) is 11.7. The summed E-state index contributed by atoms with van der Waals surface area (Å²) in [5, 5.41) is 5.70. The number of urea groups is 1. The molecule has 4 heteroatoms. The molecule has 2 N–H and O–H groups in total. The van der Waals surface area contributed by atoms with Crippen molar-refractivity contribution >= 4 is 6.03 Å². The highest BCUT2D eigenvalue weighted by atomic mass is 16.2. The standard InChI is InChI=1S/C14H28N3O/c1-2-9-15-14(18)16-10-5-3-6-11-17-12-7-4-8-13-17/h4H,2-3,5-13H2,1H3,(H2,15,16,18). The number of nitrogens with zero attached hydrogens (tertiary/aromatic N) is 1. The zero-order chi connectivity index (χ0) is 13.1. The van der Waals surface area contributed by atoms with Gasteiger partial charge in [-0.2, -0.15) is 0 Å². The fraction of sp³-hybridized carbons (Fsp3) is 0.857. The minimum atomic E-state index is -0.0246. The molecule has 105 valence electrons. The van der Waals surface area contributed by atoms with Crippen LogP contribution < -0.4 is 10.6 Å². The molecular formula is C14H28N3O. The number of amides is 2. The molecule has 1 radical (unpaired) electrons. The molecule has 0 aliphatic carbocycles. The topological polar surface area (TPSA) is 44.4 Å². The maximum atomic E-state index is 11.2. The number of piperidine rings is 1. The van der Waals surface area contributed by atoms with E-state index in [-0.39, 0.29) is 6.03 Å². The van der Waals surface area contributed by atoms with Gasteiger partial charge in [0.25, 0.3) is 0 Å². The first kappa shape index (κ1) is 15.3. The first-order valence-electron chi connectivity index (χ1n) is 7.38. The van der Waals surface area contributed by atoms with Crippen LogP contribution in [0.4, 0.5) is 4.79 Å². The van der Waals surface area contributed by atoms with Crippen molar-refractivity contribution < 1.29 is 4.79 Å². The van der Waals surface area contributed by atoms with Crippen LogP contribution >= 0.6 is 0 Å². The minimum Gasteiger partial charge on any atom is -0.338 e. The summed E-state index contributed by atoms with van der Waals surface area (Å²) < 4.78 is 0. The molecule has 0 aromatic heterocycles. The summed E-state index contributed by atoms with van der Waals surface area (Å²) in [5.41, 5.74) is 0. The lowest BCUT2D eigenvalue weighted by Gasteiger charge is -2.26. The van der Waals surface area contributed by atoms with Gasteiger partial charge in [0.05, 0.1) is 0 Å². The number of rotatable bonds is 8. The number of unbranched alkanes of at least 4 members (excludes halogenated alkanes) is 2. The van der Waals surface area contributed by atoms with Crippen molar-refractivity contribution in [1.82, 2.24) is 15.5 Å². The molecule has 0 saturated carbocycles. The number of carbonyl (C=O) groups excluding carboxylic acids is 1. The third-order valence-corrected chi connectivity index (χ3v) is 3.27. The number of hydrogen-bond donors (Lipinski definition) is 2. The Balaban J connectivity index is 1.84. The summed E-state index contributed by atoms with van der Waals surface area (Å²) in [5.74, 6) is 0. The van der Waals surface area contributed by atoms with E-state index in [4.69, 9.17) is 0 Å². The predicted octanol–water partition coefficient (Wildman–Crippen LogP) is 2.17. The van der Waals surface area contributed by atoms with Gasteiger partial charge in [-0.25, -0.2) is 4.79 Å². The largest absolute Gasteiger partial charge is 0.338 e. The minimum absolute atomic E-state index is 0.0246. The van der Waals surface area contributed by atoms with Crippen LogP contribution in [0.25, 0.3) is 0 Å². The number of likely N-dealkylation sites (tertiary alicyclic amines) is 1. The maximum Gasteiger partial charge on any atom is 0.314 e. The first-order valence-corrected chi connectivity index (χ1v) is 7.38. The molecule has 1 rings (SSSR count). The van der Waals surface area contributed by atoms with Crippen LogP contribution in [0.3, 0.4) is 0 Å². The fourth-order valence-electron chi connectivity index (χ4n) is 2.17. The highest BCUT2D eigenvalue weighted by Gasteiger charge is 2.08. The Morgan fingerprint density at radius 2 is 1.83 bits per heavy atom. The molecule has 0 atom stereocenters. The Kier molecular flexibility index (Phi) is 8.65. The van der Waals surface area contributed by atoms with Crippen LogP contribution in [-0.4, -0.2) is 43.7 Å². The van der Waals surface area contributed by atoms with Gasteiger partial charge in [-0.3, -0.25) is 0 Å². The molecular weight excluding hydrogens is 226 g/mol. The number of carbonyl (C=O) groups is 1. The van der Waals surface area contributed by atoms with Crippen molar-refractivity contribution in [3.8, 4) is 0 Å². The summed E-state index contributed by atoms with van der Waals surface area (Å²) in [4.78, 5) is 13.8. The smallest absolute Gasteiger partial charge is 0.314 e. The van der Waals surface area contributed by atoms with Gasteiger partial charge in [0.15, 0.2) is 0 Å². The van der Waals surface area contributed by atoms with Gasteiger partial charge in [0, 0.05) is 13.1 Å². The highest BCUT2D eigenvalue weighted by molar-refractivity contribution is 5.73. The monoisotopic (exact) mass is 254 g/mol. The lowest BCUT2D eigenvalue weighted by Crippen LogP contribution is -2.36. The van der Waals surface area contributed by atoms with E-state index in [2.05, 4.69) is 28.9 Å². The van der Waals surface area contributed by atoms with Gasteiger partial charge >= 0.3 is 6.03 Å². The van der Waals surface area contributed by atoms with Gasteiger partial charge < -0.3 is 15.5 Å². The Bertz CT molecular complexity index is 215. The van der Waals surface area contributed by atoms with E-state index in [0.717, 1.165) is 25.9 Å². The third-order valence-electron chi connectivity index (χ3n) is 3.27. The van der Waals surface area contributed by atoms with Gasteiger partial charge in [0.2, 0.25) is 0 Å². The summed E-state index contributed by atoms with van der Waals surface area (Å²) in [6.07, 6.45) is 9.40. The normalized spacial score (nSPS) is 16.5. The van der Waals surface area contributed by atoms with Crippen LogP contribution in [0.5, 0.6) is 0 Å². The summed E-state index contributed by atoms with van der Waals surface area (Å²) >= 11 is 0. The van der Waals surface area contributed by atoms with Crippen molar-refractivity contribution in [3.05, 3.63) is 6.42 Å². The molecule has 0 aromatic carbocycles. The van der Waals surface area contributed by atoms with Crippen LogP contribution in [-0.2, 0) is 0 Å². The number of nitrogens with one attached hydrogen (secondary N) is 2. The van der Waals surface area contributed by atoms with Gasteiger partial charge in [-0.15, -0.1) is 0 Å². The van der Waals surface area contributed by atoms with E-state index in [0.29, 0.717) is 0 Å². The predicted molar refractivity (Wildman–Crippen MR) is 75.5 cm³/mol. The molecule has 0 aromatic rings. The highest BCUT2D eigenvalue weighted by Crippen LogP contribution is 2.08. The average molecular weight is 254 g/mol. The van der Waals surface area contributed by atoms with Crippen molar-refractivity contribution in [1.29, 1.82) is 0 Å². The van der Waals surface area contributed by atoms with E-state index >= 15 is 0 Å². The van der Waals surface area contributed by atoms with E-state index < -0.39 is 0 Å². The van der Waals surface area contributed by atoms with Crippen LogP contribution in [0.2, 0.25) is 0 Å². The SMILES string of the molecule is CCCNC(=O)NCCCCCN1CC[CH]CC1. The molecule has 1 aliphatic heterocycles. The van der Waals surface area contributed by atoms with E-state index in [1.54, 1.807) is 0 Å². The first-order chi connectivity index (χ1) is 8.83. The molecule has 0 spiro atoms. The van der Waals surface area contributed by atoms with E-state index in [9.17, 15) is 4.79 Å². The van der Waals surface area contributed by atoms with E-state index in [1.165, 1.54) is 45.3 Å². The molecule has 1 heterocycles. The molecule has 2 amide bonds. The van der Waals surface area contributed by atoms with Crippen LogP contribution in [0.1, 0.15) is 45.4 Å². The summed E-state index contributed by atoms with van der Waals surface area (Å²) in [6.45, 7) is 7.30. The molecule has 1 fully saturated rings. The van der Waals surface area contributed by atoms with Crippen molar-refractivity contribution in [2.24, 2.45) is 0 Å². The van der Waals surface area contributed by atoms with Gasteiger partial charge in [-0.05, 0) is 58.2 Å². The molecule has 18 heavy (non-hydrogen) atoms. The second-order valence-corrected chi connectivity index (χ2v) is 4.95. The summed E-state index contributed by atoms with van der Waals surface area (Å²) in [7, 11) is 0. The van der Waals surface area contributed by atoms with Gasteiger partial charge in [-0.1, -0.05) is 13.3 Å². The quantitative estimate of drug-likeness (QED) is 0.652. The fourth-order valence-corrected chi connectivity index (χ4v) is 2.17. The lowest BCUT2D eigenvalue weighted by atomic mass is 10.1. The molecule has 0 unspecified atom stereocenters. The van der Waals surface area contributed by atoms with Crippen molar-refractivity contribution in [2.75, 3.05) is 32.7 Å². The van der Waals surface area contributed by atoms with Crippen LogP contribution in [0.15, 0.2) is 0 Å². The second-order valence-electron chi connectivity index (χ2n) is 4.95. The lowest BCUT2D eigenvalue weighted by molar-refractivity contribution is 0.239. The Hall–Kier alpha value is -0.770. The molecule has 1 aliphatic rings. The number of hydrogen-bond acceptors (Lipinski definition) is 2. The Morgan fingerprint density at radius 3 is 2.56 bits per heavy atom. The molecule has 4 nitrogen and oxygen atoms in total. The third kappa shape index (κ3) is 7.54. The van der Waals surface area contributed by atoms with Crippen LogP contribution in [0, 0.1) is 6.42 Å². The molecule has 1 saturated heterocycles. The average Bonchev–Trinajstić information content (AvgIpc) is 2.41. The van der Waals surface area contributed by atoms with E-state index in [1.807, 2.05) is 0 Å². The van der Waals surface area contributed by atoms with Crippen molar-refractivity contribution in [2.45, 2.75) is 45.4 Å². The van der Waals surface area contributed by atoms with Gasteiger partial charge in [0.1, 0.15) is 0 Å². The molecule has 0 bridgehead atoms.